The van der Waals surface area contributed by atoms with Crippen molar-refractivity contribution in [2.45, 2.75) is 6.42 Å². The molecule has 0 aliphatic carbocycles. The quantitative estimate of drug-likeness (QED) is 0.770. The van der Waals surface area contributed by atoms with E-state index in [1.807, 2.05) is 0 Å². The van der Waals surface area contributed by atoms with Crippen molar-refractivity contribution in [2.24, 2.45) is 0 Å². The van der Waals surface area contributed by atoms with Crippen LogP contribution >= 0.6 is 0 Å². The third-order valence-electron chi connectivity index (χ3n) is 1.46. The number of aromatic nitrogens is 4. The van der Waals surface area contributed by atoms with Crippen LogP contribution in [0.25, 0.3) is 0 Å². The van der Waals surface area contributed by atoms with Crippen molar-refractivity contribution in [3.05, 3.63) is 49.1 Å². The Bertz CT molecular complexity index is 314. The van der Waals surface area contributed by atoms with E-state index in [9.17, 15) is 0 Å². The minimum atomic E-state index is 0.138. The van der Waals surface area contributed by atoms with Crippen molar-refractivity contribution in [3.8, 4) is 0 Å². The Hall–Kier alpha value is -1.88. The molecule has 0 radical (unpaired) electrons. The summed E-state index contributed by atoms with van der Waals surface area (Å²) < 4.78 is 0. The van der Waals surface area contributed by atoms with Crippen molar-refractivity contribution in [3.63, 3.8) is 0 Å². The Kier molecular flexibility index (Phi) is 5.61. The molecule has 78 valence electrons. The molecule has 0 aliphatic heterocycles. The topological polar surface area (TPSA) is 71.8 Å². The maximum absolute atomic E-state index is 8.45. The molecular weight excluding hydrogens is 192 g/mol. The summed E-state index contributed by atoms with van der Waals surface area (Å²) in [4.78, 5) is 15.1. The lowest BCUT2D eigenvalue weighted by atomic mass is 10.3. The predicted octanol–water partition coefficient (Wildman–Crippen LogP) is 0.488. The average molecular weight is 204 g/mol. The molecule has 0 unspecified atom stereocenters. The third kappa shape index (κ3) is 5.43. The van der Waals surface area contributed by atoms with Gasteiger partial charge in [-0.15, -0.1) is 0 Å². The molecule has 0 fully saturated rings. The highest BCUT2D eigenvalue weighted by molar-refractivity contribution is 4.93. The van der Waals surface area contributed by atoms with Crippen LogP contribution in [0.4, 0.5) is 0 Å². The van der Waals surface area contributed by atoms with E-state index in [-0.39, 0.29) is 6.61 Å². The van der Waals surface area contributed by atoms with Gasteiger partial charge in [0.15, 0.2) is 0 Å². The Morgan fingerprint density at radius 2 is 1.80 bits per heavy atom. The molecule has 0 spiro atoms. The molecule has 0 aliphatic rings. The largest absolute Gasteiger partial charge is 0.396 e. The molecule has 2 rings (SSSR count). The summed E-state index contributed by atoms with van der Waals surface area (Å²) in [5.41, 5.74) is 0.833. The van der Waals surface area contributed by atoms with E-state index >= 15 is 0 Å². The lowest BCUT2D eigenvalue weighted by Gasteiger charge is -1.91. The standard InChI is InChI=1S/C6H8N2O.C4H4N2/c9-4-1-6-5-7-2-3-8-6;1-2-5-4-6-3-1/h2-3,5,9H,1,4H2;1-4H. The number of nitrogens with zero attached hydrogens (tertiary/aromatic N) is 4. The van der Waals surface area contributed by atoms with Crippen molar-refractivity contribution >= 4 is 0 Å². The second-order valence-corrected chi connectivity index (χ2v) is 2.57. The van der Waals surface area contributed by atoms with E-state index in [2.05, 4.69) is 19.9 Å². The summed E-state index contributed by atoms with van der Waals surface area (Å²) in [6, 6.07) is 1.78. The van der Waals surface area contributed by atoms with Crippen LogP contribution in [-0.4, -0.2) is 31.6 Å². The normalized spacial score (nSPS) is 8.87. The monoisotopic (exact) mass is 204 g/mol. The molecule has 2 aromatic heterocycles. The van der Waals surface area contributed by atoms with Crippen LogP contribution in [0.1, 0.15) is 5.69 Å². The Balaban J connectivity index is 0.000000162. The van der Waals surface area contributed by atoms with Gasteiger partial charge in [0.2, 0.25) is 0 Å². The molecule has 0 amide bonds. The molecule has 0 atom stereocenters. The fourth-order valence-corrected chi connectivity index (χ4v) is 0.827. The molecule has 0 saturated carbocycles. The first-order chi connectivity index (χ1) is 7.43. The second kappa shape index (κ2) is 7.52. The van der Waals surface area contributed by atoms with Crippen LogP contribution < -0.4 is 0 Å². The maximum Gasteiger partial charge on any atom is 0.115 e. The van der Waals surface area contributed by atoms with Crippen LogP contribution in [0.5, 0.6) is 0 Å². The average Bonchev–Trinajstić information content (AvgIpc) is 2.34. The van der Waals surface area contributed by atoms with Gasteiger partial charge in [-0.05, 0) is 6.07 Å². The van der Waals surface area contributed by atoms with Crippen LogP contribution in [0.15, 0.2) is 43.4 Å². The molecule has 15 heavy (non-hydrogen) atoms. The van der Waals surface area contributed by atoms with Crippen molar-refractivity contribution in [1.82, 2.24) is 19.9 Å². The summed E-state index contributed by atoms with van der Waals surface area (Å²) >= 11 is 0. The molecule has 5 nitrogen and oxygen atoms in total. The van der Waals surface area contributed by atoms with Gasteiger partial charge in [0.05, 0.1) is 5.69 Å². The highest BCUT2D eigenvalue weighted by Crippen LogP contribution is 1.88. The summed E-state index contributed by atoms with van der Waals surface area (Å²) in [5, 5.41) is 8.45. The molecule has 1 N–H and O–H groups in total. The molecular formula is C10H12N4O. The number of rotatable bonds is 2. The fraction of sp³-hybridized carbons (Fsp3) is 0.200. The van der Waals surface area contributed by atoms with Gasteiger partial charge < -0.3 is 5.11 Å². The van der Waals surface area contributed by atoms with Gasteiger partial charge in [0.1, 0.15) is 6.33 Å². The van der Waals surface area contributed by atoms with E-state index in [0.29, 0.717) is 6.42 Å². The van der Waals surface area contributed by atoms with Crippen LogP contribution in [0.3, 0.4) is 0 Å². The van der Waals surface area contributed by atoms with Gasteiger partial charge in [0, 0.05) is 44.0 Å². The summed E-state index contributed by atoms with van der Waals surface area (Å²) in [6.45, 7) is 0.138. The van der Waals surface area contributed by atoms with Crippen LogP contribution in [-0.2, 0) is 6.42 Å². The summed E-state index contributed by atoms with van der Waals surface area (Å²) in [5.74, 6) is 0. The smallest absolute Gasteiger partial charge is 0.115 e. The first kappa shape index (κ1) is 11.2. The number of hydrogen-bond acceptors (Lipinski definition) is 5. The molecule has 5 heteroatoms. The van der Waals surface area contributed by atoms with Crippen molar-refractivity contribution in [2.75, 3.05) is 6.61 Å². The lowest BCUT2D eigenvalue weighted by molar-refractivity contribution is 0.298. The van der Waals surface area contributed by atoms with E-state index < -0.39 is 0 Å². The molecule has 2 aromatic rings. The van der Waals surface area contributed by atoms with Gasteiger partial charge in [-0.3, -0.25) is 9.97 Å². The highest BCUT2D eigenvalue weighted by atomic mass is 16.3. The van der Waals surface area contributed by atoms with Crippen LogP contribution in [0.2, 0.25) is 0 Å². The van der Waals surface area contributed by atoms with Crippen LogP contribution in [0, 0.1) is 0 Å². The highest BCUT2D eigenvalue weighted by Gasteiger charge is 1.88. The van der Waals surface area contributed by atoms with E-state index in [0.717, 1.165) is 5.69 Å². The summed E-state index contributed by atoms with van der Waals surface area (Å²) in [6.07, 6.45) is 10.3. The molecule has 2 heterocycles. The first-order valence-corrected chi connectivity index (χ1v) is 4.49. The maximum atomic E-state index is 8.45. The first-order valence-electron chi connectivity index (χ1n) is 4.49. The van der Waals surface area contributed by atoms with Gasteiger partial charge in [-0.25, -0.2) is 9.97 Å². The minimum absolute atomic E-state index is 0.138. The summed E-state index contributed by atoms with van der Waals surface area (Å²) in [7, 11) is 0. The molecule has 0 aromatic carbocycles. The van der Waals surface area contributed by atoms with Gasteiger partial charge in [-0.1, -0.05) is 0 Å². The number of aliphatic hydroxyl groups excluding tert-OH is 1. The van der Waals surface area contributed by atoms with Gasteiger partial charge in [0.25, 0.3) is 0 Å². The zero-order valence-corrected chi connectivity index (χ0v) is 8.19. The zero-order valence-electron chi connectivity index (χ0n) is 8.19. The zero-order chi connectivity index (χ0) is 10.8. The Morgan fingerprint density at radius 1 is 1.00 bits per heavy atom. The van der Waals surface area contributed by atoms with E-state index in [1.54, 1.807) is 37.1 Å². The third-order valence-corrected chi connectivity index (χ3v) is 1.46. The van der Waals surface area contributed by atoms with Crippen molar-refractivity contribution in [1.29, 1.82) is 0 Å². The lowest BCUT2D eigenvalue weighted by Crippen LogP contribution is -1.93. The molecule has 0 saturated heterocycles. The SMILES string of the molecule is OCCc1cnccn1.c1cncnc1. The fourth-order valence-electron chi connectivity index (χ4n) is 0.827. The van der Waals surface area contributed by atoms with E-state index in [4.69, 9.17) is 5.11 Å². The Labute approximate surface area is 87.9 Å². The second-order valence-electron chi connectivity index (χ2n) is 2.57. The van der Waals surface area contributed by atoms with Gasteiger partial charge >= 0.3 is 0 Å². The predicted molar refractivity (Wildman–Crippen MR) is 54.9 cm³/mol. The van der Waals surface area contributed by atoms with E-state index in [1.165, 1.54) is 6.33 Å². The van der Waals surface area contributed by atoms with Gasteiger partial charge in [-0.2, -0.15) is 0 Å². The Morgan fingerprint density at radius 3 is 2.20 bits per heavy atom. The number of aliphatic hydroxyl groups is 1. The number of hydrogen-bond donors (Lipinski definition) is 1. The molecule has 0 bridgehead atoms. The minimum Gasteiger partial charge on any atom is -0.396 e. The van der Waals surface area contributed by atoms with Crippen molar-refractivity contribution < 1.29 is 5.11 Å².